The zero-order valence-electron chi connectivity index (χ0n) is 19.1. The Morgan fingerprint density at radius 1 is 1.10 bits per heavy atom. The van der Waals surface area contributed by atoms with E-state index >= 15 is 0 Å². The van der Waals surface area contributed by atoms with Crippen LogP contribution in [0.25, 0.3) is 0 Å². The van der Waals surface area contributed by atoms with Gasteiger partial charge in [0.05, 0.1) is 0 Å². The second-order valence-electron chi connectivity index (χ2n) is 8.61. The third-order valence-electron chi connectivity index (χ3n) is 6.46. The molecule has 2 aliphatic heterocycles. The second-order valence-corrected chi connectivity index (χ2v) is 8.61. The first-order valence-electron chi connectivity index (χ1n) is 11.8. The van der Waals surface area contributed by atoms with Crippen molar-refractivity contribution in [1.29, 1.82) is 0 Å². The molecule has 0 aliphatic carbocycles. The van der Waals surface area contributed by atoms with Gasteiger partial charge in [0.1, 0.15) is 0 Å². The van der Waals surface area contributed by atoms with E-state index in [1.165, 1.54) is 57.4 Å². The molecule has 2 fully saturated rings. The van der Waals surface area contributed by atoms with Crippen LogP contribution in [0, 0.1) is 5.92 Å². The van der Waals surface area contributed by atoms with Crippen molar-refractivity contribution in [1.82, 2.24) is 15.1 Å². The number of para-hydroxylation sites is 1. The van der Waals surface area contributed by atoms with Crippen LogP contribution in [0.15, 0.2) is 35.3 Å². The zero-order chi connectivity index (χ0) is 21.0. The number of nitrogens with zero attached hydrogens (tertiary/aromatic N) is 4. The van der Waals surface area contributed by atoms with E-state index in [0.29, 0.717) is 0 Å². The van der Waals surface area contributed by atoms with Crippen LogP contribution in [0.2, 0.25) is 0 Å². The van der Waals surface area contributed by atoms with E-state index in [9.17, 15) is 0 Å². The maximum Gasteiger partial charge on any atom is 0.193 e. The topological polar surface area (TPSA) is 43.3 Å². The van der Waals surface area contributed by atoms with E-state index in [0.717, 1.165) is 51.3 Å². The number of aliphatic imine (C=N–C) groups is 1. The lowest BCUT2D eigenvalue weighted by atomic mass is 9.96. The van der Waals surface area contributed by atoms with Crippen molar-refractivity contribution in [3.63, 3.8) is 0 Å². The van der Waals surface area contributed by atoms with Crippen molar-refractivity contribution in [2.75, 3.05) is 78.0 Å². The predicted molar refractivity (Wildman–Crippen MR) is 126 cm³/mol. The Morgan fingerprint density at radius 2 is 1.83 bits per heavy atom. The summed E-state index contributed by atoms with van der Waals surface area (Å²) < 4.78 is 5.46. The first kappa shape index (κ1) is 22.9. The average Bonchev–Trinajstić information content (AvgIpc) is 2.81. The van der Waals surface area contributed by atoms with Gasteiger partial charge in [-0.3, -0.25) is 9.89 Å². The lowest BCUT2D eigenvalue weighted by Crippen LogP contribution is -2.46. The van der Waals surface area contributed by atoms with Crippen LogP contribution < -0.4 is 10.2 Å². The van der Waals surface area contributed by atoms with Gasteiger partial charge in [-0.05, 0) is 56.7 Å². The smallest absolute Gasteiger partial charge is 0.193 e. The zero-order valence-corrected chi connectivity index (χ0v) is 19.1. The highest BCUT2D eigenvalue weighted by molar-refractivity contribution is 5.79. The molecule has 1 aromatic rings. The molecule has 1 aromatic carbocycles. The molecule has 0 unspecified atom stereocenters. The largest absolute Gasteiger partial charge is 0.381 e. The fraction of sp³-hybridized carbons (Fsp3) is 0.708. The number of piperazine rings is 1. The molecule has 0 saturated carbocycles. The number of anilines is 1. The Hall–Kier alpha value is -1.79. The van der Waals surface area contributed by atoms with Crippen LogP contribution in [0.1, 0.15) is 32.1 Å². The van der Waals surface area contributed by atoms with Crippen molar-refractivity contribution >= 4 is 11.6 Å². The molecule has 1 N–H and O–H groups in total. The standard InChI is InChI=1S/C24H41N5O/c1-25-24(27(2)15-10-22-11-20-30-21-12-22)26-13-6-7-14-28-16-18-29(19-17-28)23-8-4-3-5-9-23/h3-5,8-9,22H,6-7,10-21H2,1-2H3,(H,25,26). The quantitative estimate of drug-likeness (QED) is 0.382. The second kappa shape index (κ2) is 12.8. The predicted octanol–water partition coefficient (Wildman–Crippen LogP) is 2.91. The molecule has 168 valence electrons. The fourth-order valence-corrected chi connectivity index (χ4v) is 4.43. The van der Waals surface area contributed by atoms with E-state index in [1.54, 1.807) is 0 Å². The van der Waals surface area contributed by atoms with Gasteiger partial charge >= 0.3 is 0 Å². The molecule has 0 amide bonds. The van der Waals surface area contributed by atoms with Gasteiger partial charge < -0.3 is 19.9 Å². The maximum atomic E-state index is 5.46. The number of unbranched alkanes of at least 4 members (excludes halogenated alkanes) is 1. The lowest BCUT2D eigenvalue weighted by molar-refractivity contribution is 0.0625. The molecular formula is C24H41N5O. The minimum absolute atomic E-state index is 0.807. The van der Waals surface area contributed by atoms with Crippen LogP contribution in [-0.2, 0) is 4.74 Å². The maximum absolute atomic E-state index is 5.46. The Morgan fingerprint density at radius 3 is 2.53 bits per heavy atom. The Balaban J connectivity index is 1.24. The summed E-state index contributed by atoms with van der Waals surface area (Å²) in [6, 6.07) is 10.8. The van der Waals surface area contributed by atoms with Crippen molar-refractivity contribution in [2.45, 2.75) is 32.1 Å². The lowest BCUT2D eigenvalue weighted by Gasteiger charge is -2.36. The van der Waals surface area contributed by atoms with Crippen molar-refractivity contribution in [3.05, 3.63) is 30.3 Å². The number of ether oxygens (including phenoxy) is 1. The molecule has 0 spiro atoms. The van der Waals surface area contributed by atoms with Crippen LogP contribution >= 0.6 is 0 Å². The van der Waals surface area contributed by atoms with Crippen molar-refractivity contribution in [3.8, 4) is 0 Å². The number of nitrogens with one attached hydrogen (secondary N) is 1. The summed E-state index contributed by atoms with van der Waals surface area (Å²) in [5.41, 5.74) is 1.36. The van der Waals surface area contributed by atoms with Crippen molar-refractivity contribution < 1.29 is 4.74 Å². The third kappa shape index (κ3) is 7.47. The fourth-order valence-electron chi connectivity index (χ4n) is 4.43. The van der Waals surface area contributed by atoms with E-state index in [2.05, 4.69) is 62.4 Å². The highest BCUT2D eigenvalue weighted by Crippen LogP contribution is 2.18. The summed E-state index contributed by atoms with van der Waals surface area (Å²) in [6.45, 7) is 9.72. The highest BCUT2D eigenvalue weighted by Gasteiger charge is 2.17. The normalized spacial score (nSPS) is 19.1. The first-order chi connectivity index (χ1) is 14.8. The summed E-state index contributed by atoms with van der Waals surface area (Å²) in [5, 5.41) is 3.55. The Labute approximate surface area is 183 Å². The Kier molecular flexibility index (Phi) is 9.77. The minimum Gasteiger partial charge on any atom is -0.381 e. The van der Waals surface area contributed by atoms with Crippen LogP contribution in [0.3, 0.4) is 0 Å². The van der Waals surface area contributed by atoms with Crippen LogP contribution in [-0.4, -0.2) is 88.9 Å². The summed E-state index contributed by atoms with van der Waals surface area (Å²) >= 11 is 0. The molecular weight excluding hydrogens is 374 g/mol. The minimum atomic E-state index is 0.807. The van der Waals surface area contributed by atoms with Crippen LogP contribution in [0.4, 0.5) is 5.69 Å². The van der Waals surface area contributed by atoms with Gasteiger partial charge in [0.15, 0.2) is 5.96 Å². The summed E-state index contributed by atoms with van der Waals surface area (Å²) in [5.74, 6) is 1.83. The van der Waals surface area contributed by atoms with Gasteiger partial charge in [0.2, 0.25) is 0 Å². The highest BCUT2D eigenvalue weighted by atomic mass is 16.5. The van der Waals surface area contributed by atoms with Crippen LogP contribution in [0.5, 0.6) is 0 Å². The number of hydrogen-bond donors (Lipinski definition) is 1. The van der Waals surface area contributed by atoms with E-state index < -0.39 is 0 Å². The summed E-state index contributed by atoms with van der Waals surface area (Å²) in [4.78, 5) is 11.8. The van der Waals surface area contributed by atoms with Gasteiger partial charge in [-0.15, -0.1) is 0 Å². The molecule has 2 heterocycles. The number of benzene rings is 1. The first-order valence-corrected chi connectivity index (χ1v) is 11.8. The van der Waals surface area contributed by atoms with E-state index in [4.69, 9.17) is 4.74 Å². The monoisotopic (exact) mass is 415 g/mol. The van der Waals surface area contributed by atoms with Gasteiger partial charge in [0, 0.05) is 72.3 Å². The van der Waals surface area contributed by atoms with Crippen molar-refractivity contribution in [2.24, 2.45) is 10.9 Å². The molecule has 0 aromatic heterocycles. The van der Waals surface area contributed by atoms with E-state index in [1.807, 2.05) is 7.05 Å². The summed E-state index contributed by atoms with van der Waals surface area (Å²) in [6.07, 6.45) is 6.07. The van der Waals surface area contributed by atoms with Gasteiger partial charge in [-0.1, -0.05) is 18.2 Å². The molecule has 2 saturated heterocycles. The number of rotatable bonds is 9. The molecule has 3 rings (SSSR count). The molecule has 0 radical (unpaired) electrons. The van der Waals surface area contributed by atoms with Gasteiger partial charge in [-0.2, -0.15) is 0 Å². The molecule has 30 heavy (non-hydrogen) atoms. The van der Waals surface area contributed by atoms with Gasteiger partial charge in [0.25, 0.3) is 0 Å². The molecule has 6 nitrogen and oxygen atoms in total. The third-order valence-corrected chi connectivity index (χ3v) is 6.46. The molecule has 0 bridgehead atoms. The SMILES string of the molecule is CN=C(NCCCCN1CCN(c2ccccc2)CC1)N(C)CCC1CCOCC1. The van der Waals surface area contributed by atoms with Gasteiger partial charge in [-0.25, -0.2) is 0 Å². The van der Waals surface area contributed by atoms with E-state index in [-0.39, 0.29) is 0 Å². The Bertz CT molecular complexity index is 609. The molecule has 2 aliphatic rings. The average molecular weight is 416 g/mol. The number of hydrogen-bond acceptors (Lipinski definition) is 4. The molecule has 6 heteroatoms. The summed E-state index contributed by atoms with van der Waals surface area (Å²) in [7, 11) is 4.04. The molecule has 0 atom stereocenters. The number of guanidine groups is 1.